The Morgan fingerprint density at radius 2 is 1.94 bits per heavy atom. The Bertz CT molecular complexity index is 549. The summed E-state index contributed by atoms with van der Waals surface area (Å²) in [5.74, 6) is 1.20. The smallest absolute Gasteiger partial charge is 0.132 e. The Hall–Kier alpha value is -1.94. The maximum atomic E-state index is 9.97. The van der Waals surface area contributed by atoms with Crippen molar-refractivity contribution in [3.63, 3.8) is 0 Å². The van der Waals surface area contributed by atoms with Gasteiger partial charge in [-0.05, 0) is 12.1 Å². The zero-order chi connectivity index (χ0) is 12.4. The number of rotatable bonds is 3. The van der Waals surface area contributed by atoms with Crippen LogP contribution in [0.25, 0.3) is 10.8 Å². The Labute approximate surface area is 99.0 Å². The number of fused-ring (bicyclic) bond motifs is 1. The lowest BCUT2D eigenvalue weighted by Crippen LogP contribution is -1.95. The van der Waals surface area contributed by atoms with Gasteiger partial charge in [-0.2, -0.15) is 0 Å². The van der Waals surface area contributed by atoms with Gasteiger partial charge >= 0.3 is 0 Å². The molecule has 0 radical (unpaired) electrons. The van der Waals surface area contributed by atoms with Gasteiger partial charge in [0.05, 0.1) is 26.2 Å². The van der Waals surface area contributed by atoms with Crippen molar-refractivity contribution >= 4 is 10.8 Å². The van der Waals surface area contributed by atoms with Crippen LogP contribution in [0.4, 0.5) is 0 Å². The molecule has 4 heteroatoms. The van der Waals surface area contributed by atoms with E-state index in [1.165, 1.54) is 13.2 Å². The Kier molecular flexibility index (Phi) is 3.06. The second kappa shape index (κ2) is 4.51. The molecule has 2 aromatic rings. The summed E-state index contributed by atoms with van der Waals surface area (Å²) in [5.41, 5.74) is 0.547. The monoisotopic (exact) mass is 234 g/mol. The van der Waals surface area contributed by atoms with Gasteiger partial charge in [-0.3, -0.25) is 0 Å². The molecule has 2 aromatic carbocycles. The van der Waals surface area contributed by atoms with E-state index in [1.807, 2.05) is 12.1 Å². The maximum absolute atomic E-state index is 9.97. The lowest BCUT2D eigenvalue weighted by molar-refractivity contribution is 0.273. The third-order valence-corrected chi connectivity index (χ3v) is 2.72. The van der Waals surface area contributed by atoms with Gasteiger partial charge in [0, 0.05) is 10.9 Å². The molecule has 4 nitrogen and oxygen atoms in total. The van der Waals surface area contributed by atoms with E-state index in [0.29, 0.717) is 22.4 Å². The number of hydrogen-bond acceptors (Lipinski definition) is 4. The van der Waals surface area contributed by atoms with Gasteiger partial charge < -0.3 is 19.7 Å². The summed E-state index contributed by atoms with van der Waals surface area (Å²) in [4.78, 5) is 0. The van der Waals surface area contributed by atoms with Crippen molar-refractivity contribution in [2.75, 3.05) is 14.2 Å². The van der Waals surface area contributed by atoms with Crippen LogP contribution in [0.1, 0.15) is 5.56 Å². The summed E-state index contributed by atoms with van der Waals surface area (Å²) < 4.78 is 10.5. The van der Waals surface area contributed by atoms with E-state index in [9.17, 15) is 10.2 Å². The fraction of sp³-hybridized carbons (Fsp3) is 0.231. The van der Waals surface area contributed by atoms with Crippen LogP contribution in [-0.4, -0.2) is 24.4 Å². The zero-order valence-corrected chi connectivity index (χ0v) is 9.73. The van der Waals surface area contributed by atoms with E-state index in [2.05, 4.69) is 0 Å². The minimum Gasteiger partial charge on any atom is -0.507 e. The van der Waals surface area contributed by atoms with Crippen LogP contribution in [0.15, 0.2) is 24.3 Å². The third kappa shape index (κ3) is 1.76. The molecule has 17 heavy (non-hydrogen) atoms. The molecular weight excluding hydrogens is 220 g/mol. The van der Waals surface area contributed by atoms with E-state index >= 15 is 0 Å². The van der Waals surface area contributed by atoms with Crippen molar-refractivity contribution < 1.29 is 19.7 Å². The molecule has 90 valence electrons. The van der Waals surface area contributed by atoms with Gasteiger partial charge in [-0.15, -0.1) is 0 Å². The first-order chi connectivity index (χ1) is 8.22. The highest BCUT2D eigenvalue weighted by molar-refractivity contribution is 5.98. The highest BCUT2D eigenvalue weighted by Crippen LogP contribution is 2.40. The van der Waals surface area contributed by atoms with Crippen molar-refractivity contribution in [3.8, 4) is 17.2 Å². The summed E-state index contributed by atoms with van der Waals surface area (Å²) in [6.07, 6.45) is 0. The van der Waals surface area contributed by atoms with Gasteiger partial charge in [0.15, 0.2) is 0 Å². The van der Waals surface area contributed by atoms with Crippen LogP contribution >= 0.6 is 0 Å². The van der Waals surface area contributed by atoms with Crippen LogP contribution < -0.4 is 9.47 Å². The molecule has 0 aliphatic rings. The Morgan fingerprint density at radius 1 is 1.18 bits per heavy atom. The molecule has 0 aliphatic heterocycles. The number of ether oxygens (including phenoxy) is 2. The number of methoxy groups -OCH3 is 2. The van der Waals surface area contributed by atoms with E-state index in [1.54, 1.807) is 13.2 Å². The minimum absolute atomic E-state index is 0.0716. The second-order valence-corrected chi connectivity index (χ2v) is 3.63. The average Bonchev–Trinajstić information content (AvgIpc) is 2.37. The number of phenolic OH excluding ortho intramolecular Hbond substituents is 1. The predicted molar refractivity (Wildman–Crippen MR) is 64.6 cm³/mol. The van der Waals surface area contributed by atoms with Crippen molar-refractivity contribution in [1.29, 1.82) is 0 Å². The van der Waals surface area contributed by atoms with Crippen LogP contribution in [0.5, 0.6) is 17.2 Å². The second-order valence-electron chi connectivity index (χ2n) is 3.63. The molecule has 0 atom stereocenters. The molecule has 0 saturated carbocycles. The first kappa shape index (κ1) is 11.5. The van der Waals surface area contributed by atoms with E-state index in [4.69, 9.17) is 9.47 Å². The van der Waals surface area contributed by atoms with Crippen LogP contribution in [0.3, 0.4) is 0 Å². The molecule has 0 aliphatic carbocycles. The van der Waals surface area contributed by atoms with Gasteiger partial charge in [-0.1, -0.05) is 12.1 Å². The molecular formula is C13H14O4. The van der Waals surface area contributed by atoms with E-state index in [0.717, 1.165) is 5.39 Å². The first-order valence-electron chi connectivity index (χ1n) is 5.19. The lowest BCUT2D eigenvalue weighted by Gasteiger charge is -2.13. The highest BCUT2D eigenvalue weighted by atomic mass is 16.5. The number of benzene rings is 2. The highest BCUT2D eigenvalue weighted by Gasteiger charge is 2.14. The third-order valence-electron chi connectivity index (χ3n) is 2.72. The molecule has 0 spiro atoms. The molecule has 2 N–H and O–H groups in total. The van der Waals surface area contributed by atoms with Gasteiger partial charge in [-0.25, -0.2) is 0 Å². The molecule has 2 rings (SSSR count). The quantitative estimate of drug-likeness (QED) is 0.853. The standard InChI is InChI=1S/C13H14O4/c1-16-11-5-3-4-9-12(11)10(15)6-8(7-14)13(9)17-2/h3-6,14-15H,7H2,1-2H3. The Morgan fingerprint density at radius 3 is 2.53 bits per heavy atom. The van der Waals surface area contributed by atoms with Crippen LogP contribution in [0, 0.1) is 0 Å². The largest absolute Gasteiger partial charge is 0.507 e. The Balaban J connectivity index is 2.88. The molecule has 0 heterocycles. The van der Waals surface area contributed by atoms with Crippen molar-refractivity contribution in [2.45, 2.75) is 6.61 Å². The molecule has 0 saturated heterocycles. The predicted octanol–water partition coefficient (Wildman–Crippen LogP) is 2.05. The summed E-state index contributed by atoms with van der Waals surface area (Å²) in [6.45, 7) is -0.191. The maximum Gasteiger partial charge on any atom is 0.132 e. The van der Waals surface area contributed by atoms with Crippen molar-refractivity contribution in [3.05, 3.63) is 29.8 Å². The van der Waals surface area contributed by atoms with Crippen molar-refractivity contribution in [2.24, 2.45) is 0 Å². The zero-order valence-electron chi connectivity index (χ0n) is 9.73. The number of aliphatic hydroxyl groups is 1. The summed E-state index contributed by atoms with van der Waals surface area (Å²) in [6, 6.07) is 6.88. The number of aromatic hydroxyl groups is 1. The van der Waals surface area contributed by atoms with Crippen LogP contribution in [0.2, 0.25) is 0 Å². The normalized spacial score (nSPS) is 10.5. The van der Waals surface area contributed by atoms with Gasteiger partial charge in [0.25, 0.3) is 0 Å². The topological polar surface area (TPSA) is 58.9 Å². The SMILES string of the molecule is COc1c(CO)cc(O)c2c(OC)cccc12. The molecule has 0 fully saturated rings. The number of hydrogen-bond donors (Lipinski definition) is 2. The number of aliphatic hydroxyl groups excluding tert-OH is 1. The molecule has 0 unspecified atom stereocenters. The van der Waals surface area contributed by atoms with Crippen LogP contribution in [-0.2, 0) is 6.61 Å². The summed E-state index contributed by atoms with van der Waals surface area (Å²) in [7, 11) is 3.07. The average molecular weight is 234 g/mol. The molecule has 0 bridgehead atoms. The molecule has 0 aromatic heterocycles. The first-order valence-corrected chi connectivity index (χ1v) is 5.19. The number of phenols is 1. The van der Waals surface area contributed by atoms with E-state index < -0.39 is 0 Å². The van der Waals surface area contributed by atoms with Gasteiger partial charge in [0.2, 0.25) is 0 Å². The summed E-state index contributed by atoms with van der Waals surface area (Å²) >= 11 is 0. The summed E-state index contributed by atoms with van der Waals surface area (Å²) in [5, 5.41) is 20.5. The lowest BCUT2D eigenvalue weighted by atomic mass is 10.0. The van der Waals surface area contributed by atoms with Crippen molar-refractivity contribution in [1.82, 2.24) is 0 Å². The fourth-order valence-electron chi connectivity index (χ4n) is 1.99. The van der Waals surface area contributed by atoms with E-state index in [-0.39, 0.29) is 12.4 Å². The fourth-order valence-corrected chi connectivity index (χ4v) is 1.99. The van der Waals surface area contributed by atoms with Gasteiger partial charge in [0.1, 0.15) is 17.2 Å². The minimum atomic E-state index is -0.191. The molecule has 0 amide bonds.